The van der Waals surface area contributed by atoms with Crippen molar-refractivity contribution in [2.45, 2.75) is 19.1 Å². The molecule has 1 aromatic rings. The fourth-order valence-electron chi connectivity index (χ4n) is 0.962. The number of halogens is 1. The lowest BCUT2D eigenvalue weighted by molar-refractivity contribution is 0.385. The molecule has 1 aliphatic heterocycles. The minimum Gasteiger partial charge on any atom is -0.364 e. The maximum absolute atomic E-state index is 5.31. The molecule has 0 N–H and O–H groups in total. The number of hydrogen-bond donors (Lipinski definition) is 0. The van der Waals surface area contributed by atoms with Crippen molar-refractivity contribution in [3.8, 4) is 0 Å². The summed E-state index contributed by atoms with van der Waals surface area (Å²) < 4.78 is 6.47. The predicted molar refractivity (Wildman–Crippen MR) is 45.3 cm³/mol. The van der Waals surface area contributed by atoms with E-state index in [4.69, 9.17) is 4.74 Å². The van der Waals surface area contributed by atoms with Crippen LogP contribution in [-0.2, 0) is 4.74 Å². The summed E-state index contributed by atoms with van der Waals surface area (Å²) in [6, 6.07) is 2.12. The summed E-state index contributed by atoms with van der Waals surface area (Å²) >= 11 is 5.16. The summed E-state index contributed by atoms with van der Waals surface area (Å²) in [5.41, 5.74) is 0. The topological polar surface area (TPSA) is 12.5 Å². The van der Waals surface area contributed by atoms with Crippen LogP contribution in [0.25, 0.3) is 0 Å². The molecule has 0 saturated carbocycles. The van der Waals surface area contributed by atoms with Crippen molar-refractivity contribution >= 4 is 27.3 Å². The first-order valence-corrected chi connectivity index (χ1v) is 4.84. The van der Waals surface area contributed by atoms with Gasteiger partial charge >= 0.3 is 0 Å². The molecular formula is C7H7BrOS. The lowest BCUT2D eigenvalue weighted by atomic mass is 10.3. The van der Waals surface area contributed by atoms with Crippen molar-refractivity contribution < 1.29 is 4.74 Å². The van der Waals surface area contributed by atoms with Crippen LogP contribution in [0.1, 0.15) is 17.9 Å². The Morgan fingerprint density at radius 2 is 2.40 bits per heavy atom. The van der Waals surface area contributed by atoms with E-state index >= 15 is 0 Å². The summed E-state index contributed by atoms with van der Waals surface area (Å²) in [6.45, 7) is 2.10. The first-order chi connectivity index (χ1) is 4.77. The van der Waals surface area contributed by atoms with Crippen molar-refractivity contribution in [1.82, 2.24) is 0 Å². The number of ether oxygens (including phenoxy) is 1. The van der Waals surface area contributed by atoms with E-state index in [-0.39, 0.29) is 0 Å². The Morgan fingerprint density at radius 1 is 1.70 bits per heavy atom. The quantitative estimate of drug-likeness (QED) is 0.661. The van der Waals surface area contributed by atoms with E-state index < -0.39 is 0 Å². The van der Waals surface area contributed by atoms with E-state index in [1.165, 1.54) is 4.88 Å². The van der Waals surface area contributed by atoms with Gasteiger partial charge in [-0.05, 0) is 28.9 Å². The summed E-state index contributed by atoms with van der Waals surface area (Å²) in [7, 11) is 0. The third-order valence-electron chi connectivity index (χ3n) is 1.58. The molecule has 2 rings (SSSR count). The number of thiophene rings is 1. The highest BCUT2D eigenvalue weighted by Crippen LogP contribution is 2.41. The van der Waals surface area contributed by atoms with Crippen LogP contribution >= 0.6 is 27.3 Å². The second kappa shape index (κ2) is 2.32. The molecule has 10 heavy (non-hydrogen) atoms. The van der Waals surface area contributed by atoms with Gasteiger partial charge in [0.15, 0.2) is 0 Å². The minimum atomic E-state index is 0.385. The molecule has 3 heteroatoms. The summed E-state index contributed by atoms with van der Waals surface area (Å²) in [6.07, 6.45) is 0.821. The monoisotopic (exact) mass is 218 g/mol. The zero-order valence-corrected chi connectivity index (χ0v) is 7.91. The lowest BCUT2D eigenvalue weighted by Gasteiger charge is -1.81. The Bertz CT molecular complexity index is 246. The molecule has 1 aliphatic rings. The van der Waals surface area contributed by atoms with E-state index in [2.05, 4.69) is 34.3 Å². The fraction of sp³-hybridized carbons (Fsp3) is 0.429. The molecule has 0 spiro atoms. The third-order valence-corrected chi connectivity index (χ3v) is 3.33. The zero-order chi connectivity index (χ0) is 7.14. The molecule has 0 radical (unpaired) electrons. The fourth-order valence-corrected chi connectivity index (χ4v) is 2.53. The maximum Gasteiger partial charge on any atom is 0.118 e. The molecule has 2 atom stereocenters. The third kappa shape index (κ3) is 1.13. The Kier molecular flexibility index (Phi) is 1.59. The Morgan fingerprint density at radius 3 is 2.80 bits per heavy atom. The molecule has 2 heterocycles. The van der Waals surface area contributed by atoms with E-state index in [0.29, 0.717) is 12.2 Å². The van der Waals surface area contributed by atoms with Crippen LogP contribution in [0.4, 0.5) is 0 Å². The molecule has 1 saturated heterocycles. The van der Waals surface area contributed by atoms with Crippen LogP contribution in [0, 0.1) is 0 Å². The highest BCUT2D eigenvalue weighted by Gasteiger charge is 2.36. The predicted octanol–water partition coefficient (Wildman–Crippen LogP) is 2.97. The molecular weight excluding hydrogens is 212 g/mol. The molecule has 1 fully saturated rings. The van der Waals surface area contributed by atoms with Crippen LogP contribution in [-0.4, -0.2) is 6.10 Å². The molecule has 54 valence electrons. The van der Waals surface area contributed by atoms with Crippen LogP contribution in [0.15, 0.2) is 15.9 Å². The largest absolute Gasteiger partial charge is 0.364 e. The van der Waals surface area contributed by atoms with Gasteiger partial charge in [-0.3, -0.25) is 0 Å². The highest BCUT2D eigenvalue weighted by molar-refractivity contribution is 9.10. The molecule has 2 unspecified atom stereocenters. The summed E-state index contributed by atoms with van der Waals surface area (Å²) in [4.78, 5) is 1.33. The van der Waals surface area contributed by atoms with Gasteiger partial charge in [0.05, 0.1) is 6.10 Å². The van der Waals surface area contributed by atoms with Crippen LogP contribution in [0.3, 0.4) is 0 Å². The van der Waals surface area contributed by atoms with Crippen molar-refractivity contribution in [3.63, 3.8) is 0 Å². The SMILES string of the molecule is CC1OC1c1cc(Br)cs1. The molecule has 0 amide bonds. The van der Waals surface area contributed by atoms with E-state index in [1.807, 2.05) is 0 Å². The zero-order valence-electron chi connectivity index (χ0n) is 5.50. The molecule has 0 bridgehead atoms. The minimum absolute atomic E-state index is 0.385. The van der Waals surface area contributed by atoms with Crippen LogP contribution in [0.5, 0.6) is 0 Å². The Balaban J connectivity index is 2.20. The second-order valence-corrected chi connectivity index (χ2v) is 4.29. The van der Waals surface area contributed by atoms with Crippen molar-refractivity contribution in [2.75, 3.05) is 0 Å². The van der Waals surface area contributed by atoms with Gasteiger partial charge in [-0.15, -0.1) is 11.3 Å². The first-order valence-electron chi connectivity index (χ1n) is 3.17. The van der Waals surface area contributed by atoms with Gasteiger partial charge in [0.2, 0.25) is 0 Å². The first kappa shape index (κ1) is 6.83. The summed E-state index contributed by atoms with van der Waals surface area (Å²) in [5, 5.41) is 2.09. The van der Waals surface area contributed by atoms with Gasteiger partial charge in [0.1, 0.15) is 6.10 Å². The number of epoxide rings is 1. The van der Waals surface area contributed by atoms with E-state index in [0.717, 1.165) is 4.47 Å². The van der Waals surface area contributed by atoms with Gasteiger partial charge in [-0.1, -0.05) is 0 Å². The van der Waals surface area contributed by atoms with Crippen LogP contribution in [0.2, 0.25) is 0 Å². The Labute approximate surface area is 72.1 Å². The van der Waals surface area contributed by atoms with Gasteiger partial charge in [-0.25, -0.2) is 0 Å². The molecule has 1 nitrogen and oxygen atoms in total. The standard InChI is InChI=1S/C7H7BrOS/c1-4-7(9-4)6-2-5(8)3-10-6/h2-4,7H,1H3. The average molecular weight is 219 g/mol. The van der Waals surface area contributed by atoms with Crippen LogP contribution < -0.4 is 0 Å². The Hall–Kier alpha value is 0.140. The van der Waals surface area contributed by atoms with Gasteiger partial charge in [0, 0.05) is 14.7 Å². The second-order valence-electron chi connectivity index (χ2n) is 2.43. The molecule has 0 aliphatic carbocycles. The normalized spacial score (nSPS) is 30.6. The number of rotatable bonds is 1. The highest BCUT2D eigenvalue weighted by atomic mass is 79.9. The van der Waals surface area contributed by atoms with Crippen molar-refractivity contribution in [2.24, 2.45) is 0 Å². The molecule has 1 aromatic heterocycles. The lowest BCUT2D eigenvalue weighted by Crippen LogP contribution is -1.74. The van der Waals surface area contributed by atoms with Crippen molar-refractivity contribution in [1.29, 1.82) is 0 Å². The van der Waals surface area contributed by atoms with Gasteiger partial charge in [0.25, 0.3) is 0 Å². The van der Waals surface area contributed by atoms with Gasteiger partial charge < -0.3 is 4.74 Å². The van der Waals surface area contributed by atoms with E-state index in [9.17, 15) is 0 Å². The average Bonchev–Trinajstić information content (AvgIpc) is 2.42. The van der Waals surface area contributed by atoms with Gasteiger partial charge in [-0.2, -0.15) is 0 Å². The molecule has 0 aromatic carbocycles. The summed E-state index contributed by atoms with van der Waals surface area (Å²) in [5.74, 6) is 0. The number of hydrogen-bond acceptors (Lipinski definition) is 2. The maximum atomic E-state index is 5.31. The van der Waals surface area contributed by atoms with E-state index in [1.54, 1.807) is 11.3 Å². The van der Waals surface area contributed by atoms with Crippen molar-refractivity contribution in [3.05, 3.63) is 20.8 Å². The smallest absolute Gasteiger partial charge is 0.118 e.